The Balaban J connectivity index is 2.37. The third kappa shape index (κ3) is 5.04. The van der Waals surface area contributed by atoms with Crippen LogP contribution in [0.5, 0.6) is 0 Å². The summed E-state index contributed by atoms with van der Waals surface area (Å²) in [6.45, 7) is 7.86. The highest BCUT2D eigenvalue weighted by atomic mass is 16.5. The molecule has 1 heterocycles. The Hall–Kier alpha value is -0.610. The molecule has 0 aromatic rings. The molecule has 4 nitrogen and oxygen atoms in total. The molecule has 1 rings (SSSR count). The second-order valence-corrected chi connectivity index (χ2v) is 6.25. The van der Waals surface area contributed by atoms with Gasteiger partial charge in [-0.1, -0.05) is 20.8 Å². The van der Waals surface area contributed by atoms with Gasteiger partial charge in [0.25, 0.3) is 0 Å². The van der Waals surface area contributed by atoms with Crippen molar-refractivity contribution in [1.82, 2.24) is 4.90 Å². The molecule has 1 aliphatic heterocycles. The maximum Gasteiger partial charge on any atom is 0.224 e. The second-order valence-electron chi connectivity index (χ2n) is 6.25. The molecule has 2 N–H and O–H groups in total. The van der Waals surface area contributed by atoms with Crippen molar-refractivity contribution in [3.8, 4) is 0 Å². The topological polar surface area (TPSA) is 55.6 Å². The molecule has 0 bridgehead atoms. The maximum absolute atomic E-state index is 12.0. The number of ether oxygens (including phenoxy) is 1. The van der Waals surface area contributed by atoms with Crippen LogP contribution in [0.1, 0.15) is 40.0 Å². The van der Waals surface area contributed by atoms with E-state index in [1.165, 1.54) is 0 Å². The van der Waals surface area contributed by atoms with Crippen molar-refractivity contribution in [3.63, 3.8) is 0 Å². The zero-order chi connectivity index (χ0) is 13.1. The van der Waals surface area contributed by atoms with E-state index in [9.17, 15) is 4.79 Å². The number of carbonyl (C=O) groups is 1. The monoisotopic (exact) mass is 242 g/mol. The van der Waals surface area contributed by atoms with Gasteiger partial charge < -0.3 is 15.4 Å². The smallest absolute Gasteiger partial charge is 0.224 e. The molecule has 0 aliphatic carbocycles. The minimum absolute atomic E-state index is 0.0488. The van der Waals surface area contributed by atoms with Crippen LogP contribution >= 0.6 is 0 Å². The van der Waals surface area contributed by atoms with Gasteiger partial charge in [0.2, 0.25) is 5.91 Å². The first-order chi connectivity index (χ1) is 7.79. The molecule has 1 amide bonds. The fourth-order valence-electron chi connectivity index (χ4n) is 2.26. The van der Waals surface area contributed by atoms with Crippen LogP contribution < -0.4 is 5.73 Å². The van der Waals surface area contributed by atoms with Crippen molar-refractivity contribution in [2.75, 3.05) is 20.3 Å². The van der Waals surface area contributed by atoms with Crippen LogP contribution in [-0.4, -0.2) is 43.2 Å². The zero-order valence-electron chi connectivity index (χ0n) is 11.5. The molecule has 1 saturated heterocycles. The van der Waals surface area contributed by atoms with E-state index < -0.39 is 0 Å². The Morgan fingerprint density at radius 1 is 1.53 bits per heavy atom. The first kappa shape index (κ1) is 14.5. The minimum Gasteiger partial charge on any atom is -0.379 e. The lowest BCUT2D eigenvalue weighted by Gasteiger charge is -2.27. The summed E-state index contributed by atoms with van der Waals surface area (Å²) in [5.74, 6) is 0.136. The maximum atomic E-state index is 12.0. The molecule has 17 heavy (non-hydrogen) atoms. The molecule has 0 spiro atoms. The van der Waals surface area contributed by atoms with Crippen molar-refractivity contribution in [1.29, 1.82) is 0 Å². The van der Waals surface area contributed by atoms with Gasteiger partial charge in [-0.25, -0.2) is 0 Å². The summed E-state index contributed by atoms with van der Waals surface area (Å²) in [5.41, 5.74) is 6.19. The number of carbonyl (C=O) groups excluding carboxylic acids is 1. The number of amides is 1. The molecule has 2 unspecified atom stereocenters. The largest absolute Gasteiger partial charge is 0.379 e. The summed E-state index contributed by atoms with van der Waals surface area (Å²) in [6, 6.07) is 0.191. The molecule has 1 aliphatic rings. The quantitative estimate of drug-likeness (QED) is 0.810. The third-order valence-electron chi connectivity index (χ3n) is 3.16. The van der Waals surface area contributed by atoms with Crippen molar-refractivity contribution in [3.05, 3.63) is 0 Å². The Morgan fingerprint density at radius 2 is 2.18 bits per heavy atom. The fraction of sp³-hybridized carbons (Fsp3) is 0.923. The van der Waals surface area contributed by atoms with Crippen LogP contribution in [0.3, 0.4) is 0 Å². The molecule has 0 aromatic carbocycles. The average molecular weight is 242 g/mol. The summed E-state index contributed by atoms with van der Waals surface area (Å²) in [4.78, 5) is 13.8. The van der Waals surface area contributed by atoms with E-state index >= 15 is 0 Å². The van der Waals surface area contributed by atoms with Gasteiger partial charge in [-0.05, 0) is 18.3 Å². The molecule has 2 atom stereocenters. The highest BCUT2D eigenvalue weighted by Gasteiger charge is 2.26. The molecular formula is C13H26N2O2. The number of hydrogen-bond donors (Lipinski definition) is 1. The Kier molecular flexibility index (Phi) is 4.95. The average Bonchev–Trinajstić information content (AvgIpc) is 2.65. The number of nitrogens with two attached hydrogens (primary N) is 1. The third-order valence-corrected chi connectivity index (χ3v) is 3.16. The van der Waals surface area contributed by atoms with E-state index in [0.717, 1.165) is 19.4 Å². The van der Waals surface area contributed by atoms with Crippen LogP contribution in [0, 0.1) is 5.41 Å². The zero-order valence-corrected chi connectivity index (χ0v) is 11.5. The van der Waals surface area contributed by atoms with Crippen molar-refractivity contribution in [2.45, 2.75) is 52.1 Å². The highest BCUT2D eigenvalue weighted by molar-refractivity contribution is 5.76. The van der Waals surface area contributed by atoms with E-state index in [4.69, 9.17) is 10.5 Å². The number of hydrogen-bond acceptors (Lipinski definition) is 3. The highest BCUT2D eigenvalue weighted by Crippen LogP contribution is 2.21. The van der Waals surface area contributed by atoms with Gasteiger partial charge in [0.1, 0.15) is 0 Å². The predicted octanol–water partition coefficient (Wildman–Crippen LogP) is 1.39. The van der Waals surface area contributed by atoms with Gasteiger partial charge in [-0.2, -0.15) is 0 Å². The van der Waals surface area contributed by atoms with E-state index in [1.807, 2.05) is 7.05 Å². The van der Waals surface area contributed by atoms with Crippen molar-refractivity contribution in [2.24, 2.45) is 11.1 Å². The van der Waals surface area contributed by atoms with Gasteiger partial charge in [-0.3, -0.25) is 4.79 Å². The van der Waals surface area contributed by atoms with Crippen LogP contribution in [0.15, 0.2) is 0 Å². The van der Waals surface area contributed by atoms with E-state index in [-0.39, 0.29) is 23.4 Å². The lowest BCUT2D eigenvalue weighted by Crippen LogP contribution is -2.41. The Bertz CT molecular complexity index is 255. The summed E-state index contributed by atoms with van der Waals surface area (Å²) >= 11 is 0. The number of nitrogens with zero attached hydrogens (tertiary/aromatic N) is 1. The first-order valence-corrected chi connectivity index (χ1v) is 6.38. The van der Waals surface area contributed by atoms with Crippen LogP contribution in [-0.2, 0) is 9.53 Å². The summed E-state index contributed by atoms with van der Waals surface area (Å²) in [5, 5.41) is 0. The van der Waals surface area contributed by atoms with Crippen LogP contribution in [0.25, 0.3) is 0 Å². The molecule has 100 valence electrons. The van der Waals surface area contributed by atoms with Gasteiger partial charge >= 0.3 is 0 Å². The van der Waals surface area contributed by atoms with Crippen molar-refractivity contribution < 1.29 is 9.53 Å². The van der Waals surface area contributed by atoms with Gasteiger partial charge in [-0.15, -0.1) is 0 Å². The lowest BCUT2D eigenvalue weighted by atomic mass is 9.87. The van der Waals surface area contributed by atoms with Crippen LogP contribution in [0.2, 0.25) is 0 Å². The standard InChI is InChI=1S/C13H26N2O2/c1-13(2,3)8-10(14)7-12(16)15(4)11-5-6-17-9-11/h10-11H,5-9,14H2,1-4H3. The Labute approximate surface area is 104 Å². The molecule has 0 radical (unpaired) electrons. The molecule has 4 heteroatoms. The van der Waals surface area contributed by atoms with Gasteiger partial charge in [0.15, 0.2) is 0 Å². The van der Waals surface area contributed by atoms with Crippen LogP contribution in [0.4, 0.5) is 0 Å². The fourth-order valence-corrected chi connectivity index (χ4v) is 2.26. The summed E-state index contributed by atoms with van der Waals surface area (Å²) < 4.78 is 5.29. The SMILES string of the molecule is CN(C(=O)CC(N)CC(C)(C)C)C1CCOC1. The van der Waals surface area contributed by atoms with Gasteiger partial charge in [0.05, 0.1) is 12.6 Å². The lowest BCUT2D eigenvalue weighted by molar-refractivity contribution is -0.132. The van der Waals surface area contributed by atoms with E-state index in [0.29, 0.717) is 13.0 Å². The van der Waals surface area contributed by atoms with Gasteiger partial charge in [0, 0.05) is 26.1 Å². The summed E-state index contributed by atoms with van der Waals surface area (Å²) in [7, 11) is 1.85. The minimum atomic E-state index is -0.0488. The molecule has 1 fully saturated rings. The second kappa shape index (κ2) is 5.83. The molecular weight excluding hydrogens is 216 g/mol. The van der Waals surface area contributed by atoms with E-state index in [1.54, 1.807) is 4.90 Å². The Morgan fingerprint density at radius 3 is 2.65 bits per heavy atom. The molecule has 0 saturated carbocycles. The summed E-state index contributed by atoms with van der Waals surface area (Å²) in [6.07, 6.45) is 2.24. The normalized spacial score (nSPS) is 22.5. The van der Waals surface area contributed by atoms with Crippen molar-refractivity contribution >= 4 is 5.91 Å². The number of likely N-dealkylation sites (N-methyl/N-ethyl adjacent to an activating group) is 1. The predicted molar refractivity (Wildman–Crippen MR) is 68.7 cm³/mol. The first-order valence-electron chi connectivity index (χ1n) is 6.38. The van der Waals surface area contributed by atoms with E-state index in [2.05, 4.69) is 20.8 Å². The molecule has 0 aromatic heterocycles. The number of rotatable bonds is 4.